The Kier molecular flexibility index (Phi) is 20.0. The second-order valence-electron chi connectivity index (χ2n) is 25.7. The number of para-hydroxylation sites is 5. The SMILES string of the molecule is Cc1cc(Cn2nc(-c3ccccc3)c3ccccc32)on1.Cn1cc(Cn2nc(-c3ccccc3)c3ccccc32)nn1.Cn1ncnc1Cn1nc(-c2ccccc2)c2ccccc21.Cn1nnc(Cn2nc(-c3ccccc3)c3ccccc32)n1.c1ccc(-c2nn(Cc3cn[nH]n3)c3ccccc23)cc1. The van der Waals surface area contributed by atoms with E-state index < -0.39 is 0 Å². The van der Waals surface area contributed by atoms with Crippen LogP contribution < -0.4 is 0 Å². The molecule has 109 heavy (non-hydrogen) atoms. The van der Waals surface area contributed by atoms with Gasteiger partial charge in [0.25, 0.3) is 0 Å². The maximum absolute atomic E-state index is 5.32. The van der Waals surface area contributed by atoms with Gasteiger partial charge >= 0.3 is 0 Å². The number of tetrazole rings is 1. The highest BCUT2D eigenvalue weighted by molar-refractivity contribution is 5.97. The summed E-state index contributed by atoms with van der Waals surface area (Å²) in [5, 5.41) is 68.6. The molecule has 20 aromatic rings. The number of hydrogen-bond donors (Lipinski definition) is 1. The average Bonchev–Trinajstić information content (AvgIpc) is 1.66. The van der Waals surface area contributed by atoms with Crippen LogP contribution >= 0.6 is 0 Å². The highest BCUT2D eigenvalue weighted by Gasteiger charge is 2.19. The van der Waals surface area contributed by atoms with Crippen molar-refractivity contribution >= 4 is 54.5 Å². The zero-order valence-corrected chi connectivity index (χ0v) is 60.0. The molecule has 534 valence electrons. The third-order valence-corrected chi connectivity index (χ3v) is 18.2. The van der Waals surface area contributed by atoms with Crippen molar-refractivity contribution in [2.24, 2.45) is 21.1 Å². The van der Waals surface area contributed by atoms with Gasteiger partial charge in [0, 0.05) is 81.1 Å². The van der Waals surface area contributed by atoms with Gasteiger partial charge in [0.15, 0.2) is 11.6 Å². The zero-order valence-electron chi connectivity index (χ0n) is 60.0. The third-order valence-electron chi connectivity index (χ3n) is 18.2. The number of aryl methyl sites for hydroxylation is 4. The molecule has 0 fully saturated rings. The minimum Gasteiger partial charge on any atom is -0.359 e. The predicted octanol–water partition coefficient (Wildman–Crippen LogP) is 15.0. The molecule has 0 unspecified atom stereocenters. The van der Waals surface area contributed by atoms with E-state index in [4.69, 9.17) is 30.0 Å². The molecule has 20 rings (SSSR count). The van der Waals surface area contributed by atoms with Crippen LogP contribution in [-0.4, -0.2) is 119 Å². The number of aromatic nitrogens is 24. The van der Waals surface area contributed by atoms with Gasteiger partial charge in [0.05, 0.1) is 59.6 Å². The summed E-state index contributed by atoms with van der Waals surface area (Å²) >= 11 is 0. The molecule has 0 aliphatic carbocycles. The average molecular weight is 1430 g/mol. The first-order valence-corrected chi connectivity index (χ1v) is 35.4. The molecule has 0 bridgehead atoms. The monoisotopic (exact) mass is 1430 g/mol. The molecular weight excluding hydrogens is 1360 g/mol. The van der Waals surface area contributed by atoms with Crippen molar-refractivity contribution in [3.05, 3.63) is 332 Å². The molecule has 10 aromatic carbocycles. The highest BCUT2D eigenvalue weighted by Crippen LogP contribution is 2.34. The number of nitrogens with one attached hydrogen (secondary N) is 1. The molecule has 0 aliphatic rings. The van der Waals surface area contributed by atoms with Crippen LogP contribution in [0.4, 0.5) is 0 Å². The molecule has 0 aliphatic heterocycles. The van der Waals surface area contributed by atoms with E-state index in [0.717, 1.165) is 139 Å². The first kappa shape index (κ1) is 68.7. The molecule has 10 aromatic heterocycles. The lowest BCUT2D eigenvalue weighted by atomic mass is 10.1. The molecule has 1 N–H and O–H groups in total. The number of hydrogen-bond acceptors (Lipinski definition) is 16. The summed E-state index contributed by atoms with van der Waals surface area (Å²) < 4.78 is 18.6. The van der Waals surface area contributed by atoms with Crippen molar-refractivity contribution in [2.45, 2.75) is 39.6 Å². The van der Waals surface area contributed by atoms with Gasteiger partial charge in [-0.3, -0.25) is 32.8 Å². The lowest BCUT2D eigenvalue weighted by Crippen LogP contribution is -2.08. The van der Waals surface area contributed by atoms with Crippen molar-refractivity contribution in [1.29, 1.82) is 0 Å². The third kappa shape index (κ3) is 15.4. The van der Waals surface area contributed by atoms with E-state index in [-0.39, 0.29) is 0 Å². The standard InChI is InChI=1S/C18H15N3O.2C17H15N5.C16H14N6.C16H13N5/c1-13-11-15(22-20-13)12-21-17-10-6-5-9-16(17)18(19-21)14-7-3-2-4-8-14;1-21-11-14(18-20-21)12-22-16-10-6-5-9-15(16)17(19-22)13-7-3-2-4-8-13;1-21-16(18-12-19-21)11-22-15-10-6-5-9-14(15)17(20-22)13-7-3-2-4-8-13;1-21-18-15(17-20-21)11-22-14-10-6-5-9-13(14)16(19-22)12-7-3-2-4-8-12;1-2-6-12(7-3-1)16-14-8-4-5-9-15(14)21(19-16)11-13-10-17-20-18-13/h2*2-11H,12H2,1H3;2-10,12H,11H2,1H3;2-10H,11H2,1H3;1-10H,11H2,(H,17,18,20). The van der Waals surface area contributed by atoms with E-state index in [0.29, 0.717) is 38.5 Å². The molecular formula is C84H72N24O. The van der Waals surface area contributed by atoms with Gasteiger partial charge in [-0.05, 0) is 42.5 Å². The molecule has 25 heteroatoms. The molecule has 0 saturated carbocycles. The van der Waals surface area contributed by atoms with Gasteiger partial charge in [-0.2, -0.15) is 50.8 Å². The Morgan fingerprint density at radius 2 is 0.734 bits per heavy atom. The van der Waals surface area contributed by atoms with Crippen LogP contribution in [0, 0.1) is 6.92 Å². The molecule has 25 nitrogen and oxygen atoms in total. The van der Waals surface area contributed by atoms with Crippen LogP contribution in [0.5, 0.6) is 0 Å². The van der Waals surface area contributed by atoms with E-state index in [9.17, 15) is 0 Å². The number of benzene rings is 10. The molecule has 0 spiro atoms. The zero-order chi connectivity index (χ0) is 73.8. The predicted molar refractivity (Wildman–Crippen MR) is 420 cm³/mol. The van der Waals surface area contributed by atoms with Crippen LogP contribution in [0.3, 0.4) is 0 Å². The van der Waals surface area contributed by atoms with E-state index >= 15 is 0 Å². The lowest BCUT2D eigenvalue weighted by Gasteiger charge is -2.02. The summed E-state index contributed by atoms with van der Waals surface area (Å²) in [6.07, 6.45) is 5.20. The Morgan fingerprint density at radius 1 is 0.367 bits per heavy atom. The number of rotatable bonds is 15. The number of H-pyrrole nitrogens is 1. The van der Waals surface area contributed by atoms with E-state index in [1.165, 1.54) is 4.80 Å². The minimum atomic E-state index is 0.501. The molecule has 10 heterocycles. The van der Waals surface area contributed by atoms with Gasteiger partial charge < -0.3 is 4.52 Å². The summed E-state index contributed by atoms with van der Waals surface area (Å²) in [6, 6.07) is 94.3. The fourth-order valence-electron chi connectivity index (χ4n) is 13.1. The summed E-state index contributed by atoms with van der Waals surface area (Å²) in [6.45, 7) is 4.81. The first-order valence-electron chi connectivity index (χ1n) is 35.4. The number of aromatic amines is 1. The van der Waals surface area contributed by atoms with Gasteiger partial charge in [-0.25, -0.2) is 4.98 Å². The van der Waals surface area contributed by atoms with Crippen LogP contribution in [0.1, 0.15) is 34.5 Å². The molecule has 0 saturated heterocycles. The van der Waals surface area contributed by atoms with Gasteiger partial charge in [0.1, 0.15) is 71.6 Å². The van der Waals surface area contributed by atoms with E-state index in [1.54, 1.807) is 28.9 Å². The van der Waals surface area contributed by atoms with Gasteiger partial charge in [0.2, 0.25) is 0 Å². The Labute approximate surface area is 624 Å². The quantitative estimate of drug-likeness (QED) is 0.1000. The Hall–Kier alpha value is -14.8. The number of fused-ring (bicyclic) bond motifs is 5. The Bertz CT molecular complexity index is 5970. The van der Waals surface area contributed by atoms with Crippen LogP contribution in [-0.2, 0) is 53.9 Å². The molecule has 0 atom stereocenters. The second kappa shape index (κ2) is 31.7. The lowest BCUT2D eigenvalue weighted by molar-refractivity contribution is 0.370. The summed E-state index contributed by atoms with van der Waals surface area (Å²) in [7, 11) is 5.52. The van der Waals surface area contributed by atoms with Crippen molar-refractivity contribution in [1.82, 2.24) is 119 Å². The normalized spacial score (nSPS) is 11.1. The molecule has 0 amide bonds. The fraction of sp³-hybridized carbons (Fsp3) is 0.107. The van der Waals surface area contributed by atoms with E-state index in [2.05, 4.69) is 178 Å². The number of nitrogens with zero attached hydrogens (tertiary/aromatic N) is 23. The van der Waals surface area contributed by atoms with Gasteiger partial charge in [-0.15, -0.1) is 15.3 Å². The van der Waals surface area contributed by atoms with Crippen LogP contribution in [0.25, 0.3) is 111 Å². The largest absolute Gasteiger partial charge is 0.359 e. The van der Waals surface area contributed by atoms with Crippen LogP contribution in [0.15, 0.2) is 302 Å². The molecule has 0 radical (unpaired) electrons. The Morgan fingerprint density at radius 3 is 1.06 bits per heavy atom. The summed E-state index contributed by atoms with van der Waals surface area (Å²) in [5.41, 5.74) is 18.6. The topological polar surface area (TPSA) is 262 Å². The fourth-order valence-corrected chi connectivity index (χ4v) is 13.1. The summed E-state index contributed by atoms with van der Waals surface area (Å²) in [4.78, 5) is 5.75. The first-order chi connectivity index (χ1) is 53.7. The van der Waals surface area contributed by atoms with Gasteiger partial charge in [-0.1, -0.05) is 253 Å². The maximum Gasteiger partial charge on any atom is 0.196 e. The van der Waals surface area contributed by atoms with Crippen LogP contribution in [0.2, 0.25) is 0 Å². The Balaban J connectivity index is 0.000000104. The second-order valence-corrected chi connectivity index (χ2v) is 25.7. The van der Waals surface area contributed by atoms with Crippen molar-refractivity contribution in [3.8, 4) is 56.3 Å². The van der Waals surface area contributed by atoms with Crippen molar-refractivity contribution in [3.63, 3.8) is 0 Å². The maximum atomic E-state index is 5.32. The summed E-state index contributed by atoms with van der Waals surface area (Å²) in [5.74, 6) is 2.34. The smallest absolute Gasteiger partial charge is 0.196 e. The minimum absolute atomic E-state index is 0.501. The van der Waals surface area contributed by atoms with E-state index in [1.807, 2.05) is 208 Å². The highest BCUT2D eigenvalue weighted by atomic mass is 16.5. The van der Waals surface area contributed by atoms with Crippen molar-refractivity contribution < 1.29 is 4.52 Å². The van der Waals surface area contributed by atoms with Crippen molar-refractivity contribution in [2.75, 3.05) is 0 Å².